The second-order valence-electron chi connectivity index (χ2n) is 3.31. The van der Waals surface area contributed by atoms with Crippen LogP contribution in [-0.4, -0.2) is 5.25 Å². The molecule has 54 valence electrons. The van der Waals surface area contributed by atoms with E-state index in [4.69, 9.17) is 0 Å². The Morgan fingerprint density at radius 1 is 1.44 bits per heavy atom. The number of thiol groups is 1. The summed E-state index contributed by atoms with van der Waals surface area (Å²) >= 11 is 4.45. The Kier molecular flexibility index (Phi) is 2.45. The molecule has 0 saturated heterocycles. The lowest BCUT2D eigenvalue weighted by Crippen LogP contribution is -2.13. The molecule has 0 aromatic heterocycles. The summed E-state index contributed by atoms with van der Waals surface area (Å²) in [7, 11) is 0. The number of hydrogen-bond donors (Lipinski definition) is 1. The predicted molar refractivity (Wildman–Crippen MR) is 45.0 cm³/mol. The molecule has 3 atom stereocenters. The Hall–Kier alpha value is 0.350. The van der Waals surface area contributed by atoms with Crippen LogP contribution < -0.4 is 0 Å². The fraction of sp³-hybridized carbons (Fsp3) is 1.00. The van der Waals surface area contributed by atoms with Gasteiger partial charge in [0.1, 0.15) is 0 Å². The number of rotatable bonds is 1. The lowest BCUT2D eigenvalue weighted by molar-refractivity contribution is 0.418. The highest BCUT2D eigenvalue weighted by Gasteiger charge is 2.25. The molecule has 1 rings (SSSR count). The molecule has 0 radical (unpaired) electrons. The molecule has 1 saturated carbocycles. The van der Waals surface area contributed by atoms with E-state index in [9.17, 15) is 0 Å². The lowest BCUT2D eigenvalue weighted by atomic mass is 9.95. The molecule has 0 bridgehead atoms. The Morgan fingerprint density at radius 3 is 2.33 bits per heavy atom. The van der Waals surface area contributed by atoms with Crippen molar-refractivity contribution in [2.75, 3.05) is 0 Å². The molecule has 1 heteroatoms. The largest absolute Gasteiger partial charge is 0.176 e. The zero-order valence-electron chi connectivity index (χ0n) is 6.30. The summed E-state index contributed by atoms with van der Waals surface area (Å²) in [6.45, 7) is 4.57. The van der Waals surface area contributed by atoms with Gasteiger partial charge in [0.15, 0.2) is 0 Å². The topological polar surface area (TPSA) is 0 Å². The first kappa shape index (κ1) is 7.46. The summed E-state index contributed by atoms with van der Waals surface area (Å²) in [6, 6.07) is 0. The summed E-state index contributed by atoms with van der Waals surface area (Å²) in [5.41, 5.74) is 0. The van der Waals surface area contributed by atoms with Gasteiger partial charge in [0.25, 0.3) is 0 Å². The summed E-state index contributed by atoms with van der Waals surface area (Å²) in [6.07, 6.45) is 4.26. The third-order valence-corrected chi connectivity index (χ3v) is 2.93. The van der Waals surface area contributed by atoms with Crippen molar-refractivity contribution in [2.24, 2.45) is 11.8 Å². The van der Waals surface area contributed by atoms with Crippen LogP contribution in [0.4, 0.5) is 0 Å². The van der Waals surface area contributed by atoms with E-state index in [1.807, 2.05) is 0 Å². The van der Waals surface area contributed by atoms with Crippen LogP contribution in [0, 0.1) is 11.8 Å². The third-order valence-electron chi connectivity index (χ3n) is 2.55. The van der Waals surface area contributed by atoms with E-state index in [1.165, 1.54) is 19.3 Å². The maximum Gasteiger partial charge on any atom is 0.00192 e. The minimum atomic E-state index is 0.613. The van der Waals surface area contributed by atoms with Gasteiger partial charge in [0, 0.05) is 5.25 Å². The highest BCUT2D eigenvalue weighted by atomic mass is 32.1. The fourth-order valence-electron chi connectivity index (χ4n) is 1.89. The first-order valence-electron chi connectivity index (χ1n) is 3.90. The van der Waals surface area contributed by atoms with Gasteiger partial charge in [-0.25, -0.2) is 0 Å². The molecular formula is C8H16S. The summed E-state index contributed by atoms with van der Waals surface area (Å²) in [5.74, 6) is 1.82. The van der Waals surface area contributed by atoms with Crippen LogP contribution in [0.15, 0.2) is 0 Å². The molecule has 0 aromatic rings. The van der Waals surface area contributed by atoms with Crippen molar-refractivity contribution in [1.29, 1.82) is 0 Å². The van der Waals surface area contributed by atoms with Gasteiger partial charge in [-0.05, 0) is 18.3 Å². The average Bonchev–Trinajstić information content (AvgIpc) is 2.13. The Labute approximate surface area is 63.4 Å². The van der Waals surface area contributed by atoms with Crippen molar-refractivity contribution < 1.29 is 0 Å². The molecule has 0 N–H and O–H groups in total. The molecule has 3 unspecified atom stereocenters. The summed E-state index contributed by atoms with van der Waals surface area (Å²) in [4.78, 5) is 0. The molecule has 1 fully saturated rings. The predicted octanol–water partition coefficient (Wildman–Crippen LogP) is 2.74. The van der Waals surface area contributed by atoms with Crippen molar-refractivity contribution in [2.45, 2.75) is 38.4 Å². The minimum Gasteiger partial charge on any atom is -0.176 e. The second kappa shape index (κ2) is 2.96. The smallest absolute Gasteiger partial charge is 0.00192 e. The molecule has 0 aliphatic heterocycles. The highest BCUT2D eigenvalue weighted by Crippen LogP contribution is 2.35. The zero-order valence-corrected chi connectivity index (χ0v) is 7.20. The summed E-state index contributed by atoms with van der Waals surface area (Å²) < 4.78 is 0. The minimum absolute atomic E-state index is 0.613. The van der Waals surface area contributed by atoms with Gasteiger partial charge < -0.3 is 0 Å². The summed E-state index contributed by atoms with van der Waals surface area (Å²) in [5, 5.41) is 0.613. The second-order valence-corrected chi connectivity index (χ2v) is 4.13. The van der Waals surface area contributed by atoms with Gasteiger partial charge in [0.2, 0.25) is 0 Å². The Balaban J connectivity index is 2.40. The van der Waals surface area contributed by atoms with Crippen molar-refractivity contribution in [3.63, 3.8) is 0 Å². The zero-order chi connectivity index (χ0) is 6.85. The molecule has 0 aromatic carbocycles. The van der Waals surface area contributed by atoms with Crippen LogP contribution in [0.3, 0.4) is 0 Å². The molecule has 1 aliphatic rings. The molecular weight excluding hydrogens is 128 g/mol. The Bertz CT molecular complexity index is 88.6. The van der Waals surface area contributed by atoms with Gasteiger partial charge in [-0.1, -0.05) is 26.7 Å². The molecule has 0 amide bonds. The highest BCUT2D eigenvalue weighted by molar-refractivity contribution is 7.80. The van der Waals surface area contributed by atoms with Crippen LogP contribution in [0.2, 0.25) is 0 Å². The standard InChI is InChI=1S/C8H16S/c1-6-4-3-5-8(6)7(2)9/h6-9H,3-5H2,1-2H3. The van der Waals surface area contributed by atoms with Crippen LogP contribution in [-0.2, 0) is 0 Å². The molecule has 0 heterocycles. The van der Waals surface area contributed by atoms with E-state index in [-0.39, 0.29) is 0 Å². The van der Waals surface area contributed by atoms with Crippen LogP contribution in [0.1, 0.15) is 33.1 Å². The van der Waals surface area contributed by atoms with Crippen molar-refractivity contribution in [3.8, 4) is 0 Å². The van der Waals surface area contributed by atoms with Gasteiger partial charge in [-0.3, -0.25) is 0 Å². The SMILES string of the molecule is CC(S)C1CCCC1C. The van der Waals surface area contributed by atoms with Gasteiger partial charge >= 0.3 is 0 Å². The van der Waals surface area contributed by atoms with Crippen molar-refractivity contribution in [3.05, 3.63) is 0 Å². The van der Waals surface area contributed by atoms with E-state index in [2.05, 4.69) is 26.5 Å². The fourth-order valence-corrected chi connectivity index (χ4v) is 2.33. The van der Waals surface area contributed by atoms with Crippen molar-refractivity contribution in [1.82, 2.24) is 0 Å². The van der Waals surface area contributed by atoms with E-state index in [1.54, 1.807) is 0 Å². The maximum absolute atomic E-state index is 4.45. The molecule has 0 spiro atoms. The van der Waals surface area contributed by atoms with Crippen molar-refractivity contribution >= 4 is 12.6 Å². The van der Waals surface area contributed by atoms with Crippen LogP contribution >= 0.6 is 12.6 Å². The molecule has 0 nitrogen and oxygen atoms in total. The van der Waals surface area contributed by atoms with E-state index >= 15 is 0 Å². The first-order chi connectivity index (χ1) is 4.22. The first-order valence-corrected chi connectivity index (χ1v) is 4.41. The van der Waals surface area contributed by atoms with Crippen LogP contribution in [0.25, 0.3) is 0 Å². The van der Waals surface area contributed by atoms with Gasteiger partial charge in [-0.15, -0.1) is 0 Å². The maximum atomic E-state index is 4.45. The molecule has 9 heavy (non-hydrogen) atoms. The third kappa shape index (κ3) is 1.64. The van der Waals surface area contributed by atoms with Gasteiger partial charge in [0.05, 0.1) is 0 Å². The number of hydrogen-bond acceptors (Lipinski definition) is 1. The normalized spacial score (nSPS) is 39.0. The average molecular weight is 144 g/mol. The van der Waals surface area contributed by atoms with E-state index in [0.29, 0.717) is 5.25 Å². The van der Waals surface area contributed by atoms with Crippen LogP contribution in [0.5, 0.6) is 0 Å². The Morgan fingerprint density at radius 2 is 2.11 bits per heavy atom. The quantitative estimate of drug-likeness (QED) is 0.537. The van der Waals surface area contributed by atoms with E-state index in [0.717, 1.165) is 11.8 Å². The molecule has 1 aliphatic carbocycles. The van der Waals surface area contributed by atoms with Gasteiger partial charge in [-0.2, -0.15) is 12.6 Å². The monoisotopic (exact) mass is 144 g/mol. The lowest BCUT2D eigenvalue weighted by Gasteiger charge is -2.17. The van der Waals surface area contributed by atoms with E-state index < -0.39 is 0 Å².